The average Bonchev–Trinajstić information content (AvgIpc) is 2.76. The molecule has 0 aliphatic carbocycles. The van der Waals surface area contributed by atoms with Crippen LogP contribution in [-0.2, 0) is 17.7 Å². The maximum atomic E-state index is 13.6. The Morgan fingerprint density at radius 3 is 2.06 bits per heavy atom. The Bertz CT molecular complexity index is 1180. The molecule has 7 heteroatoms. The Hall–Kier alpha value is -3.61. The van der Waals surface area contributed by atoms with Crippen molar-refractivity contribution in [2.45, 2.75) is 45.4 Å². The van der Waals surface area contributed by atoms with E-state index in [0.29, 0.717) is 24.2 Å². The third-order valence-corrected chi connectivity index (χ3v) is 5.44. The lowest BCUT2D eigenvalue weighted by atomic mass is 9.98. The molecule has 1 amide bonds. The summed E-state index contributed by atoms with van der Waals surface area (Å²) in [6.45, 7) is 5.88. The number of nitrogens with one attached hydrogen (secondary N) is 1. The van der Waals surface area contributed by atoms with Crippen molar-refractivity contribution in [1.82, 2.24) is 14.5 Å². The minimum Gasteiger partial charge on any atom is -0.444 e. The summed E-state index contributed by atoms with van der Waals surface area (Å²) in [6.07, 6.45) is -0.0794. The van der Waals surface area contributed by atoms with E-state index in [1.807, 2.05) is 60.7 Å². The second kappa shape index (κ2) is 8.49. The van der Waals surface area contributed by atoms with Gasteiger partial charge in [0.15, 0.2) is 0 Å². The van der Waals surface area contributed by atoms with Gasteiger partial charge in [0.2, 0.25) is 0 Å². The first-order chi connectivity index (χ1) is 15.2. The van der Waals surface area contributed by atoms with Crippen LogP contribution in [0.25, 0.3) is 0 Å². The van der Waals surface area contributed by atoms with Gasteiger partial charge in [-0.3, -0.25) is 4.79 Å². The zero-order valence-electron chi connectivity index (χ0n) is 18.5. The molecule has 4 rings (SSSR count). The molecule has 2 heterocycles. The third kappa shape index (κ3) is 4.37. The number of nitrogens with zero attached hydrogens (tertiary/aromatic N) is 2. The molecule has 1 aliphatic rings. The van der Waals surface area contributed by atoms with Crippen molar-refractivity contribution < 1.29 is 9.53 Å². The van der Waals surface area contributed by atoms with Crippen LogP contribution < -0.4 is 11.2 Å². The summed E-state index contributed by atoms with van der Waals surface area (Å²) >= 11 is 0. The highest BCUT2D eigenvalue weighted by Gasteiger charge is 2.30. The first-order valence-electron chi connectivity index (χ1n) is 10.7. The number of aromatic amines is 1. The van der Waals surface area contributed by atoms with Gasteiger partial charge in [0.05, 0.1) is 18.2 Å². The minimum absolute atomic E-state index is 0.0934. The van der Waals surface area contributed by atoms with E-state index in [2.05, 4.69) is 4.98 Å². The Morgan fingerprint density at radius 2 is 1.53 bits per heavy atom. The molecule has 0 bridgehead atoms. The quantitative estimate of drug-likeness (QED) is 0.686. The van der Waals surface area contributed by atoms with Crippen LogP contribution in [0.5, 0.6) is 0 Å². The van der Waals surface area contributed by atoms with Gasteiger partial charge in [-0.15, -0.1) is 0 Å². The summed E-state index contributed by atoms with van der Waals surface area (Å²) in [5.41, 5.74) is 1.16. The van der Waals surface area contributed by atoms with Gasteiger partial charge in [-0.25, -0.2) is 14.2 Å². The SMILES string of the molecule is CC(C)(C)OC(=O)N1CCc2[nH]c(=O)n(C(c3ccccc3)c3ccccc3)c(=O)c2C1. The van der Waals surface area contributed by atoms with Gasteiger partial charge in [0.25, 0.3) is 5.56 Å². The molecule has 0 radical (unpaired) electrons. The lowest BCUT2D eigenvalue weighted by molar-refractivity contribution is 0.0221. The lowest BCUT2D eigenvalue weighted by Crippen LogP contribution is -2.47. The summed E-state index contributed by atoms with van der Waals surface area (Å²) in [6, 6.07) is 18.3. The van der Waals surface area contributed by atoms with Crippen LogP contribution in [0.1, 0.15) is 49.2 Å². The predicted molar refractivity (Wildman–Crippen MR) is 122 cm³/mol. The number of rotatable bonds is 3. The molecule has 1 N–H and O–H groups in total. The number of hydrogen-bond donors (Lipinski definition) is 1. The Morgan fingerprint density at radius 1 is 0.969 bits per heavy atom. The van der Waals surface area contributed by atoms with Crippen LogP contribution in [0.2, 0.25) is 0 Å². The van der Waals surface area contributed by atoms with Gasteiger partial charge in [0.1, 0.15) is 5.60 Å². The van der Waals surface area contributed by atoms with Crippen LogP contribution in [0.3, 0.4) is 0 Å². The number of aromatic nitrogens is 2. The second-order valence-electron chi connectivity index (χ2n) is 8.94. The van der Waals surface area contributed by atoms with E-state index in [0.717, 1.165) is 11.1 Å². The van der Waals surface area contributed by atoms with Gasteiger partial charge >= 0.3 is 11.8 Å². The fourth-order valence-electron chi connectivity index (χ4n) is 4.00. The van der Waals surface area contributed by atoms with Gasteiger partial charge < -0.3 is 14.6 Å². The highest BCUT2D eigenvalue weighted by atomic mass is 16.6. The van der Waals surface area contributed by atoms with E-state index in [9.17, 15) is 14.4 Å². The normalized spacial score (nSPS) is 13.7. The summed E-state index contributed by atoms with van der Waals surface area (Å²) in [5.74, 6) is 0. The number of ether oxygens (including phenoxy) is 1. The van der Waals surface area contributed by atoms with Crippen LogP contribution in [0, 0.1) is 0 Å². The molecule has 0 fully saturated rings. The van der Waals surface area contributed by atoms with Crippen molar-refractivity contribution in [1.29, 1.82) is 0 Å². The Labute approximate surface area is 186 Å². The molecule has 1 aliphatic heterocycles. The molecule has 7 nitrogen and oxygen atoms in total. The standard InChI is InChI=1S/C25H27N3O4/c1-25(2,3)32-24(31)27-15-14-20-19(16-27)22(29)28(23(30)26-20)21(17-10-6-4-7-11-17)18-12-8-5-9-13-18/h4-13,21H,14-16H2,1-3H3,(H,26,30). The first kappa shape index (κ1) is 21.6. The molecule has 0 spiro atoms. The van der Waals surface area contributed by atoms with Gasteiger partial charge in [-0.1, -0.05) is 60.7 Å². The highest BCUT2D eigenvalue weighted by molar-refractivity contribution is 5.68. The van der Waals surface area contributed by atoms with Crippen LogP contribution in [0.15, 0.2) is 70.3 Å². The maximum Gasteiger partial charge on any atom is 0.410 e. The van der Waals surface area contributed by atoms with E-state index in [4.69, 9.17) is 4.74 Å². The molecule has 0 saturated heterocycles. The number of H-pyrrole nitrogens is 1. The number of hydrogen-bond acceptors (Lipinski definition) is 4. The number of fused-ring (bicyclic) bond motifs is 1. The third-order valence-electron chi connectivity index (χ3n) is 5.44. The van der Waals surface area contributed by atoms with Crippen molar-refractivity contribution in [3.05, 3.63) is 104 Å². The minimum atomic E-state index is -0.631. The van der Waals surface area contributed by atoms with Gasteiger partial charge in [0, 0.05) is 18.7 Å². The van der Waals surface area contributed by atoms with Crippen LogP contribution in [0.4, 0.5) is 4.79 Å². The van der Waals surface area contributed by atoms with Crippen LogP contribution in [-0.4, -0.2) is 32.7 Å². The fraction of sp³-hybridized carbons (Fsp3) is 0.320. The molecule has 3 aromatic rings. The zero-order chi connectivity index (χ0) is 22.9. The van der Waals surface area contributed by atoms with Crippen LogP contribution >= 0.6 is 0 Å². The lowest BCUT2D eigenvalue weighted by Gasteiger charge is -2.31. The van der Waals surface area contributed by atoms with Crippen molar-refractivity contribution in [2.24, 2.45) is 0 Å². The smallest absolute Gasteiger partial charge is 0.410 e. The second-order valence-corrected chi connectivity index (χ2v) is 8.94. The molecule has 0 unspecified atom stereocenters. The van der Waals surface area contributed by atoms with E-state index < -0.39 is 29.0 Å². The number of carbonyl (C=O) groups is 1. The topological polar surface area (TPSA) is 84.4 Å². The summed E-state index contributed by atoms with van der Waals surface area (Å²) in [5, 5.41) is 0. The molecule has 1 aromatic heterocycles. The first-order valence-corrected chi connectivity index (χ1v) is 10.7. The monoisotopic (exact) mass is 433 g/mol. The van der Waals surface area contributed by atoms with Crippen molar-refractivity contribution in [3.63, 3.8) is 0 Å². The molecule has 2 aromatic carbocycles. The summed E-state index contributed by atoms with van der Waals surface area (Å²) < 4.78 is 6.73. The summed E-state index contributed by atoms with van der Waals surface area (Å²) in [4.78, 5) is 43.7. The Balaban J connectivity index is 1.81. The number of carbonyl (C=O) groups excluding carboxylic acids is 1. The largest absolute Gasteiger partial charge is 0.444 e. The van der Waals surface area contributed by atoms with E-state index in [1.165, 1.54) is 9.47 Å². The van der Waals surface area contributed by atoms with Gasteiger partial charge in [-0.05, 0) is 31.9 Å². The van der Waals surface area contributed by atoms with Gasteiger partial charge in [-0.2, -0.15) is 0 Å². The molecular formula is C25H27N3O4. The molecule has 0 atom stereocenters. The fourth-order valence-corrected chi connectivity index (χ4v) is 4.00. The average molecular weight is 434 g/mol. The zero-order valence-corrected chi connectivity index (χ0v) is 18.5. The number of amides is 1. The molecular weight excluding hydrogens is 406 g/mol. The van der Waals surface area contributed by atoms with E-state index >= 15 is 0 Å². The predicted octanol–water partition coefficient (Wildman–Crippen LogP) is 3.47. The maximum absolute atomic E-state index is 13.6. The Kier molecular flexibility index (Phi) is 5.74. The van der Waals surface area contributed by atoms with E-state index in [1.54, 1.807) is 20.8 Å². The van der Waals surface area contributed by atoms with Crippen molar-refractivity contribution >= 4 is 6.09 Å². The molecule has 32 heavy (non-hydrogen) atoms. The van der Waals surface area contributed by atoms with Crippen molar-refractivity contribution in [3.8, 4) is 0 Å². The van der Waals surface area contributed by atoms with Crippen molar-refractivity contribution in [2.75, 3.05) is 6.54 Å². The molecule has 166 valence electrons. The highest BCUT2D eigenvalue weighted by Crippen LogP contribution is 2.25. The molecule has 0 saturated carbocycles. The van der Waals surface area contributed by atoms with E-state index in [-0.39, 0.29) is 6.54 Å². The number of benzene rings is 2. The summed E-state index contributed by atoms with van der Waals surface area (Å²) in [7, 11) is 0.